The van der Waals surface area contributed by atoms with Crippen LogP contribution in [0.5, 0.6) is 0 Å². The minimum atomic E-state index is -0.854. The smallest absolute Gasteiger partial charge is 0.335 e. The Bertz CT molecular complexity index is 623. The quantitative estimate of drug-likeness (QED) is 0.898. The van der Waals surface area contributed by atoms with E-state index in [9.17, 15) is 9.90 Å². The van der Waals surface area contributed by atoms with Gasteiger partial charge >= 0.3 is 5.97 Å². The van der Waals surface area contributed by atoms with Crippen molar-refractivity contribution >= 4 is 16.9 Å². The van der Waals surface area contributed by atoms with Crippen LogP contribution in [0.4, 0.5) is 0 Å². The second-order valence-electron chi connectivity index (χ2n) is 4.64. The van der Waals surface area contributed by atoms with Gasteiger partial charge in [-0.3, -0.25) is 0 Å². The summed E-state index contributed by atoms with van der Waals surface area (Å²) in [6.07, 6.45) is 0.848. The minimum Gasteiger partial charge on any atom is -0.478 e. The lowest BCUT2D eigenvalue weighted by Gasteiger charge is -2.09. The maximum absolute atomic E-state index is 11.2. The highest BCUT2D eigenvalue weighted by Gasteiger charge is 2.16. The van der Waals surface area contributed by atoms with Crippen molar-refractivity contribution in [3.05, 3.63) is 34.5 Å². The second kappa shape index (κ2) is 4.48. The van der Waals surface area contributed by atoms with Gasteiger partial charge in [-0.25, -0.2) is 4.79 Å². The summed E-state index contributed by atoms with van der Waals surface area (Å²) in [7, 11) is 0. The number of benzene rings is 1. The van der Waals surface area contributed by atoms with Crippen molar-refractivity contribution in [2.24, 2.45) is 0 Å². The lowest BCUT2D eigenvalue weighted by molar-refractivity contribution is 0.0697. The van der Waals surface area contributed by atoms with Crippen LogP contribution in [0.2, 0.25) is 0 Å². The Kier molecular flexibility index (Phi) is 3.16. The highest BCUT2D eigenvalue weighted by Crippen LogP contribution is 2.29. The Hall–Kier alpha value is -1.77. The molecule has 0 unspecified atom stereocenters. The third kappa shape index (κ3) is 1.70. The topological polar surface area (TPSA) is 42.2 Å². The molecule has 1 aromatic heterocycles. The predicted molar refractivity (Wildman–Crippen MR) is 73.4 cm³/mol. The normalized spacial score (nSPS) is 11.1. The van der Waals surface area contributed by atoms with E-state index in [1.807, 2.05) is 0 Å². The van der Waals surface area contributed by atoms with E-state index in [1.165, 1.54) is 16.8 Å². The van der Waals surface area contributed by atoms with Gasteiger partial charge in [0.1, 0.15) is 0 Å². The molecule has 0 aliphatic rings. The number of hydrogen-bond acceptors (Lipinski definition) is 1. The van der Waals surface area contributed by atoms with Crippen molar-refractivity contribution in [1.82, 2.24) is 4.57 Å². The number of fused-ring (bicyclic) bond motifs is 1. The Labute approximate surface area is 107 Å². The third-order valence-corrected chi connectivity index (χ3v) is 3.75. The fraction of sp³-hybridized carbons (Fsp3) is 0.400. The molecule has 0 saturated carbocycles. The summed E-state index contributed by atoms with van der Waals surface area (Å²) in [6.45, 7) is 9.26. The zero-order valence-corrected chi connectivity index (χ0v) is 11.4. The molecule has 0 saturated heterocycles. The highest BCUT2D eigenvalue weighted by molar-refractivity contribution is 5.97. The molecular formula is C15H19NO2. The average Bonchev–Trinajstić information content (AvgIpc) is 2.61. The summed E-state index contributed by atoms with van der Waals surface area (Å²) in [4.78, 5) is 11.2. The first kappa shape index (κ1) is 12.7. The van der Waals surface area contributed by atoms with E-state index in [1.54, 1.807) is 12.1 Å². The van der Waals surface area contributed by atoms with Gasteiger partial charge in [0.05, 0.1) is 11.1 Å². The molecule has 0 radical (unpaired) electrons. The number of aryl methyl sites for hydroxylation is 3. The first-order valence-corrected chi connectivity index (χ1v) is 6.36. The van der Waals surface area contributed by atoms with Crippen LogP contribution in [0, 0.1) is 13.8 Å². The number of aromatic nitrogens is 1. The van der Waals surface area contributed by atoms with Gasteiger partial charge in [0, 0.05) is 17.6 Å². The van der Waals surface area contributed by atoms with E-state index in [4.69, 9.17) is 0 Å². The molecule has 0 aliphatic heterocycles. The number of carboxylic acid groups (broad SMARTS) is 1. The zero-order chi connectivity index (χ0) is 13.4. The first-order chi connectivity index (χ1) is 8.51. The monoisotopic (exact) mass is 245 g/mol. The third-order valence-electron chi connectivity index (χ3n) is 3.75. The Balaban J connectivity index is 2.92. The molecule has 0 spiro atoms. The van der Waals surface area contributed by atoms with Crippen LogP contribution in [-0.2, 0) is 13.0 Å². The van der Waals surface area contributed by atoms with Crippen molar-refractivity contribution in [2.45, 2.75) is 40.7 Å². The highest BCUT2D eigenvalue weighted by atomic mass is 16.4. The molecule has 2 rings (SSSR count). The molecule has 1 N–H and O–H groups in total. The van der Waals surface area contributed by atoms with E-state index in [0.717, 1.165) is 23.9 Å². The zero-order valence-electron chi connectivity index (χ0n) is 11.4. The molecule has 3 nitrogen and oxygen atoms in total. The molecular weight excluding hydrogens is 226 g/mol. The predicted octanol–water partition coefficient (Wildman–Crippen LogP) is 3.54. The van der Waals surface area contributed by atoms with E-state index in [-0.39, 0.29) is 0 Å². The fourth-order valence-electron chi connectivity index (χ4n) is 2.65. The number of nitrogens with zero attached hydrogens (tertiary/aromatic N) is 1. The number of carbonyl (C=O) groups is 1. The molecule has 96 valence electrons. The largest absolute Gasteiger partial charge is 0.478 e. The van der Waals surface area contributed by atoms with Gasteiger partial charge in [-0.05, 0) is 50.5 Å². The second-order valence-corrected chi connectivity index (χ2v) is 4.64. The van der Waals surface area contributed by atoms with Crippen molar-refractivity contribution in [1.29, 1.82) is 0 Å². The molecule has 3 heteroatoms. The number of rotatable bonds is 3. The maximum atomic E-state index is 11.2. The molecule has 0 fully saturated rings. The number of hydrogen-bond donors (Lipinski definition) is 1. The van der Waals surface area contributed by atoms with Crippen LogP contribution in [0.25, 0.3) is 10.9 Å². The molecule has 18 heavy (non-hydrogen) atoms. The van der Waals surface area contributed by atoms with E-state index >= 15 is 0 Å². The van der Waals surface area contributed by atoms with Crippen molar-refractivity contribution in [3.63, 3.8) is 0 Å². The number of carboxylic acids is 1. The minimum absolute atomic E-state index is 0.385. The summed E-state index contributed by atoms with van der Waals surface area (Å²) in [6, 6.07) is 3.60. The van der Waals surface area contributed by atoms with Crippen LogP contribution < -0.4 is 0 Å². The lowest BCUT2D eigenvalue weighted by atomic mass is 10.0. The van der Waals surface area contributed by atoms with Gasteiger partial charge in [0.15, 0.2) is 0 Å². The average molecular weight is 245 g/mol. The maximum Gasteiger partial charge on any atom is 0.335 e. The SMILES string of the molecule is CCc1cc(C(=O)O)cc2c(C)c(C)n(CC)c12. The lowest BCUT2D eigenvalue weighted by Crippen LogP contribution is -2.01. The molecule has 2 aromatic rings. The van der Waals surface area contributed by atoms with Gasteiger partial charge in [0.2, 0.25) is 0 Å². The van der Waals surface area contributed by atoms with Crippen LogP contribution >= 0.6 is 0 Å². The van der Waals surface area contributed by atoms with Crippen LogP contribution in [-0.4, -0.2) is 15.6 Å². The van der Waals surface area contributed by atoms with Gasteiger partial charge in [0.25, 0.3) is 0 Å². The standard InChI is InChI=1S/C15H19NO2/c1-5-11-7-12(15(17)18)8-13-9(3)10(4)16(6-2)14(11)13/h7-8H,5-6H2,1-4H3,(H,17,18). The van der Waals surface area contributed by atoms with E-state index in [0.29, 0.717) is 5.56 Å². The molecule has 0 bridgehead atoms. The Morgan fingerprint density at radius 1 is 1.28 bits per heavy atom. The summed E-state index contributed by atoms with van der Waals surface area (Å²) in [5.41, 5.74) is 5.10. The van der Waals surface area contributed by atoms with Gasteiger partial charge in [-0.2, -0.15) is 0 Å². The van der Waals surface area contributed by atoms with Crippen LogP contribution in [0.1, 0.15) is 41.0 Å². The van der Waals surface area contributed by atoms with Gasteiger partial charge in [-0.1, -0.05) is 6.92 Å². The molecule has 1 heterocycles. The summed E-state index contributed by atoms with van der Waals surface area (Å²) in [5.74, 6) is -0.854. The molecule has 0 amide bonds. The van der Waals surface area contributed by atoms with Crippen molar-refractivity contribution in [2.75, 3.05) is 0 Å². The van der Waals surface area contributed by atoms with E-state index in [2.05, 4.69) is 32.3 Å². The van der Waals surface area contributed by atoms with Gasteiger partial charge < -0.3 is 9.67 Å². The molecule has 1 aromatic carbocycles. The molecule has 0 atom stereocenters. The number of aromatic carboxylic acids is 1. The van der Waals surface area contributed by atoms with Crippen LogP contribution in [0.3, 0.4) is 0 Å². The molecule has 0 aliphatic carbocycles. The summed E-state index contributed by atoms with van der Waals surface area (Å²) in [5, 5.41) is 10.3. The first-order valence-electron chi connectivity index (χ1n) is 6.36. The fourth-order valence-corrected chi connectivity index (χ4v) is 2.65. The summed E-state index contributed by atoms with van der Waals surface area (Å²) >= 11 is 0. The van der Waals surface area contributed by atoms with E-state index < -0.39 is 5.97 Å². The van der Waals surface area contributed by atoms with Crippen molar-refractivity contribution in [3.8, 4) is 0 Å². The Morgan fingerprint density at radius 2 is 1.94 bits per heavy atom. The Morgan fingerprint density at radius 3 is 2.44 bits per heavy atom. The van der Waals surface area contributed by atoms with Crippen LogP contribution in [0.15, 0.2) is 12.1 Å². The van der Waals surface area contributed by atoms with Crippen molar-refractivity contribution < 1.29 is 9.90 Å². The summed E-state index contributed by atoms with van der Waals surface area (Å²) < 4.78 is 2.27. The van der Waals surface area contributed by atoms with Gasteiger partial charge in [-0.15, -0.1) is 0 Å².